The smallest absolute Gasteiger partial charge is 0.419 e. The molecule has 3 aromatic rings. The quantitative estimate of drug-likeness (QED) is 0.662. The number of halogens is 3. The molecule has 0 atom stereocenters. The molecule has 0 aliphatic carbocycles. The zero-order valence-corrected chi connectivity index (χ0v) is 13.1. The first-order valence-corrected chi connectivity index (χ1v) is 7.62. The number of rotatable bonds is 4. The van der Waals surface area contributed by atoms with Crippen molar-refractivity contribution in [3.63, 3.8) is 0 Å². The Bertz CT molecular complexity index is 858. The fraction of sp³-hybridized carbons (Fsp3) is 0.100. The lowest BCUT2D eigenvalue weighted by atomic mass is 9.99. The van der Waals surface area contributed by atoms with Gasteiger partial charge < -0.3 is 9.84 Å². The third kappa shape index (κ3) is 3.76. The van der Waals surface area contributed by atoms with E-state index < -0.39 is 11.7 Å². The molecule has 3 rings (SSSR count). The van der Waals surface area contributed by atoms with E-state index in [-0.39, 0.29) is 18.1 Å². The van der Waals surface area contributed by atoms with Gasteiger partial charge in [0.2, 0.25) is 0 Å². The van der Waals surface area contributed by atoms with Gasteiger partial charge in [0.25, 0.3) is 0 Å². The van der Waals surface area contributed by atoms with Crippen molar-refractivity contribution in [2.24, 2.45) is 0 Å². The highest BCUT2D eigenvalue weighted by atomic mass is 19.4. The van der Waals surface area contributed by atoms with Crippen molar-refractivity contribution in [1.82, 2.24) is 0 Å². The number of ether oxygens (including phenoxy) is 1. The van der Waals surface area contributed by atoms with Gasteiger partial charge in [-0.2, -0.15) is 13.2 Å². The summed E-state index contributed by atoms with van der Waals surface area (Å²) in [5.74, 6) is -0.289. The van der Waals surface area contributed by atoms with Crippen LogP contribution in [0.3, 0.4) is 0 Å². The minimum Gasteiger partial charge on any atom is -0.508 e. The summed E-state index contributed by atoms with van der Waals surface area (Å²) >= 11 is 0. The Morgan fingerprint density at radius 2 is 1.48 bits per heavy atom. The first kappa shape index (κ1) is 16.9. The Kier molecular flexibility index (Phi) is 4.65. The van der Waals surface area contributed by atoms with Gasteiger partial charge in [-0.3, -0.25) is 0 Å². The molecule has 0 aliphatic rings. The largest absolute Gasteiger partial charge is 0.508 e. The van der Waals surface area contributed by atoms with Crippen LogP contribution in [0, 0.1) is 0 Å². The number of alkyl halides is 3. The molecule has 1 N–H and O–H groups in total. The lowest BCUT2D eigenvalue weighted by Crippen LogP contribution is -2.09. The first-order chi connectivity index (χ1) is 12.0. The SMILES string of the molecule is Oc1cccc(-c2ccccc2)c1COc1ccccc1C(F)(F)F. The molecule has 0 aromatic heterocycles. The van der Waals surface area contributed by atoms with Gasteiger partial charge in [0.15, 0.2) is 0 Å². The Morgan fingerprint density at radius 3 is 2.20 bits per heavy atom. The van der Waals surface area contributed by atoms with Crippen molar-refractivity contribution in [1.29, 1.82) is 0 Å². The van der Waals surface area contributed by atoms with Gasteiger partial charge in [-0.1, -0.05) is 54.6 Å². The molecule has 2 nitrogen and oxygen atoms in total. The summed E-state index contributed by atoms with van der Waals surface area (Å²) in [6.07, 6.45) is -4.50. The maximum absolute atomic E-state index is 13.1. The van der Waals surface area contributed by atoms with Crippen molar-refractivity contribution in [3.05, 3.63) is 83.9 Å². The lowest BCUT2D eigenvalue weighted by molar-refractivity contribution is -0.139. The van der Waals surface area contributed by atoms with Crippen molar-refractivity contribution < 1.29 is 23.0 Å². The summed E-state index contributed by atoms with van der Waals surface area (Å²) in [5, 5.41) is 10.2. The van der Waals surface area contributed by atoms with Crippen LogP contribution in [0.5, 0.6) is 11.5 Å². The second-order valence-corrected chi connectivity index (χ2v) is 5.45. The van der Waals surface area contributed by atoms with Gasteiger partial charge in [0.05, 0.1) is 5.56 Å². The second-order valence-electron chi connectivity index (χ2n) is 5.45. The third-order valence-electron chi connectivity index (χ3n) is 3.80. The van der Waals surface area contributed by atoms with Crippen LogP contribution in [-0.4, -0.2) is 5.11 Å². The highest BCUT2D eigenvalue weighted by Gasteiger charge is 2.34. The molecule has 25 heavy (non-hydrogen) atoms. The fourth-order valence-corrected chi connectivity index (χ4v) is 2.59. The van der Waals surface area contributed by atoms with E-state index in [0.29, 0.717) is 11.1 Å². The molecular formula is C20H15F3O2. The number of para-hydroxylation sites is 1. The normalized spacial score (nSPS) is 11.3. The topological polar surface area (TPSA) is 29.5 Å². The van der Waals surface area contributed by atoms with Crippen LogP contribution in [0.4, 0.5) is 13.2 Å². The number of benzene rings is 3. The Morgan fingerprint density at radius 1 is 0.800 bits per heavy atom. The first-order valence-electron chi connectivity index (χ1n) is 7.62. The minimum absolute atomic E-state index is 0.0224. The van der Waals surface area contributed by atoms with Crippen molar-refractivity contribution >= 4 is 0 Å². The molecule has 0 amide bonds. The molecule has 3 aromatic carbocycles. The Labute approximate surface area is 143 Å². The molecule has 0 spiro atoms. The monoisotopic (exact) mass is 344 g/mol. The summed E-state index contributed by atoms with van der Waals surface area (Å²) in [6, 6.07) is 19.3. The maximum Gasteiger partial charge on any atom is 0.419 e. The third-order valence-corrected chi connectivity index (χ3v) is 3.80. The van der Waals surface area contributed by atoms with Crippen molar-refractivity contribution in [2.45, 2.75) is 12.8 Å². The van der Waals surface area contributed by atoms with E-state index in [2.05, 4.69) is 0 Å². The van der Waals surface area contributed by atoms with Crippen LogP contribution >= 0.6 is 0 Å². The zero-order chi connectivity index (χ0) is 17.9. The number of phenolic OH excluding ortho intramolecular Hbond substituents is 1. The predicted octanol–water partition coefficient (Wildman–Crippen LogP) is 5.66. The standard InChI is InChI=1S/C20H15F3O2/c21-20(22,23)17-10-4-5-12-19(17)25-13-16-15(9-6-11-18(16)24)14-7-2-1-3-8-14/h1-12,24H,13H2. The Hall–Kier alpha value is -2.95. The number of aromatic hydroxyl groups is 1. The molecule has 0 fully saturated rings. The van der Waals surface area contributed by atoms with E-state index in [4.69, 9.17) is 4.74 Å². The van der Waals surface area contributed by atoms with Gasteiger partial charge in [-0.25, -0.2) is 0 Å². The van der Waals surface area contributed by atoms with Gasteiger partial charge in [-0.15, -0.1) is 0 Å². The molecule has 0 aliphatic heterocycles. The number of phenols is 1. The van der Waals surface area contributed by atoms with Crippen LogP contribution in [0.2, 0.25) is 0 Å². The average molecular weight is 344 g/mol. The van der Waals surface area contributed by atoms with E-state index in [1.165, 1.54) is 24.3 Å². The summed E-state index contributed by atoms with van der Waals surface area (Å²) in [4.78, 5) is 0. The highest BCUT2D eigenvalue weighted by Crippen LogP contribution is 2.37. The van der Waals surface area contributed by atoms with Crippen molar-refractivity contribution in [2.75, 3.05) is 0 Å². The Balaban J connectivity index is 1.93. The van der Waals surface area contributed by atoms with E-state index in [9.17, 15) is 18.3 Å². The van der Waals surface area contributed by atoms with Crippen LogP contribution in [-0.2, 0) is 12.8 Å². The highest BCUT2D eigenvalue weighted by molar-refractivity contribution is 5.69. The fourth-order valence-electron chi connectivity index (χ4n) is 2.59. The van der Waals surface area contributed by atoms with Gasteiger partial charge >= 0.3 is 6.18 Å². The minimum atomic E-state index is -4.50. The molecule has 0 saturated heterocycles. The molecule has 0 radical (unpaired) electrons. The predicted molar refractivity (Wildman–Crippen MR) is 89.3 cm³/mol. The summed E-state index contributed by atoms with van der Waals surface area (Å²) in [7, 11) is 0. The molecule has 5 heteroatoms. The summed E-state index contributed by atoms with van der Waals surface area (Å²) in [6.45, 7) is -0.177. The number of hydrogen-bond donors (Lipinski definition) is 1. The zero-order valence-electron chi connectivity index (χ0n) is 13.1. The van der Waals surface area contributed by atoms with Crippen LogP contribution in [0.15, 0.2) is 72.8 Å². The molecule has 0 saturated carbocycles. The number of hydrogen-bond acceptors (Lipinski definition) is 2. The van der Waals surface area contributed by atoms with E-state index >= 15 is 0 Å². The molecule has 0 heterocycles. The van der Waals surface area contributed by atoms with Gasteiger partial charge in [0.1, 0.15) is 18.1 Å². The van der Waals surface area contributed by atoms with Crippen LogP contribution in [0.25, 0.3) is 11.1 Å². The van der Waals surface area contributed by atoms with E-state index in [0.717, 1.165) is 11.6 Å². The maximum atomic E-state index is 13.1. The summed E-state index contributed by atoms with van der Waals surface area (Å²) in [5.41, 5.74) is 1.16. The van der Waals surface area contributed by atoms with Crippen LogP contribution < -0.4 is 4.74 Å². The lowest BCUT2D eigenvalue weighted by Gasteiger charge is -2.16. The van der Waals surface area contributed by atoms with E-state index in [1.54, 1.807) is 12.1 Å². The van der Waals surface area contributed by atoms with Gasteiger partial charge in [-0.05, 0) is 29.3 Å². The molecule has 128 valence electrons. The summed E-state index contributed by atoms with van der Waals surface area (Å²) < 4.78 is 44.6. The second kappa shape index (κ2) is 6.89. The molecule has 0 unspecified atom stereocenters. The molecular weight excluding hydrogens is 329 g/mol. The average Bonchev–Trinajstić information content (AvgIpc) is 2.61. The van der Waals surface area contributed by atoms with E-state index in [1.807, 2.05) is 30.3 Å². The van der Waals surface area contributed by atoms with Gasteiger partial charge in [0, 0.05) is 5.56 Å². The van der Waals surface area contributed by atoms with Crippen molar-refractivity contribution in [3.8, 4) is 22.6 Å². The van der Waals surface area contributed by atoms with Crippen LogP contribution in [0.1, 0.15) is 11.1 Å². The molecule has 0 bridgehead atoms.